The van der Waals surface area contributed by atoms with Crippen molar-refractivity contribution in [2.24, 2.45) is 0 Å². The fraction of sp³-hybridized carbons (Fsp3) is 0.278. The summed E-state index contributed by atoms with van der Waals surface area (Å²) in [7, 11) is 0. The summed E-state index contributed by atoms with van der Waals surface area (Å²) in [6, 6.07) is 15.1. The van der Waals surface area contributed by atoms with Crippen LogP contribution < -0.4 is 5.32 Å². The summed E-state index contributed by atoms with van der Waals surface area (Å²) in [5, 5.41) is 9.19. The van der Waals surface area contributed by atoms with Gasteiger partial charge >= 0.3 is 0 Å². The Morgan fingerprint density at radius 3 is 2.86 bits per heavy atom. The minimum Gasteiger partial charge on any atom is -0.308 e. The highest BCUT2D eigenvalue weighted by atomic mass is 32.1. The molecule has 0 saturated carbocycles. The number of para-hydroxylation sites is 1. The van der Waals surface area contributed by atoms with Crippen LogP contribution in [0.4, 0.5) is 0 Å². The number of pyridine rings is 1. The van der Waals surface area contributed by atoms with Crippen LogP contribution in [0.3, 0.4) is 0 Å². The summed E-state index contributed by atoms with van der Waals surface area (Å²) in [4.78, 5) is 4.85. The van der Waals surface area contributed by atoms with Crippen molar-refractivity contribution in [2.45, 2.75) is 25.8 Å². The smallest absolute Gasteiger partial charge is 0.0706 e. The molecule has 0 spiro atoms. The molecule has 3 aromatic rings. The molecule has 0 fully saturated rings. The molecule has 1 N–H and O–H groups in total. The Bertz CT molecular complexity index is 691. The van der Waals surface area contributed by atoms with Gasteiger partial charge in [-0.25, -0.2) is 0 Å². The average molecular weight is 296 g/mol. The van der Waals surface area contributed by atoms with Crippen molar-refractivity contribution >= 4 is 22.2 Å². The van der Waals surface area contributed by atoms with Crippen molar-refractivity contribution in [3.05, 3.63) is 64.5 Å². The lowest BCUT2D eigenvalue weighted by Gasteiger charge is -2.18. The molecule has 1 aromatic carbocycles. The van der Waals surface area contributed by atoms with Crippen LogP contribution >= 0.6 is 11.3 Å². The fourth-order valence-corrected chi connectivity index (χ4v) is 3.20. The Morgan fingerprint density at radius 2 is 2.05 bits per heavy atom. The molecule has 0 bridgehead atoms. The number of nitrogens with zero attached hydrogens (tertiary/aromatic N) is 1. The van der Waals surface area contributed by atoms with Crippen LogP contribution in [0.1, 0.15) is 30.6 Å². The largest absolute Gasteiger partial charge is 0.308 e. The van der Waals surface area contributed by atoms with Crippen LogP contribution in [0.15, 0.2) is 53.2 Å². The first-order chi connectivity index (χ1) is 10.4. The molecule has 3 rings (SSSR count). The molecular weight excluding hydrogens is 276 g/mol. The van der Waals surface area contributed by atoms with E-state index in [2.05, 4.69) is 59.4 Å². The normalized spacial score (nSPS) is 12.6. The number of aromatic nitrogens is 1. The number of benzene rings is 1. The molecule has 0 aliphatic rings. The Kier molecular flexibility index (Phi) is 4.63. The van der Waals surface area contributed by atoms with E-state index in [0.29, 0.717) is 0 Å². The fourth-order valence-electron chi connectivity index (χ4n) is 2.52. The maximum absolute atomic E-state index is 4.85. The van der Waals surface area contributed by atoms with E-state index in [1.54, 1.807) is 11.3 Å². The standard InChI is InChI=1S/C18H20N2S/c1-2-10-19-18(12-14-9-11-21-13-14)17-8-7-15-5-3-4-6-16(15)20-17/h3-9,11,13,18-19H,2,10,12H2,1H3. The highest BCUT2D eigenvalue weighted by Gasteiger charge is 2.13. The molecule has 0 saturated heterocycles. The van der Waals surface area contributed by atoms with Gasteiger partial charge < -0.3 is 5.32 Å². The summed E-state index contributed by atoms with van der Waals surface area (Å²) >= 11 is 1.75. The highest BCUT2D eigenvalue weighted by Crippen LogP contribution is 2.21. The van der Waals surface area contributed by atoms with Gasteiger partial charge in [-0.1, -0.05) is 31.2 Å². The topological polar surface area (TPSA) is 24.9 Å². The quantitative estimate of drug-likeness (QED) is 0.720. The molecule has 2 nitrogen and oxygen atoms in total. The summed E-state index contributed by atoms with van der Waals surface area (Å²) in [6.07, 6.45) is 2.13. The van der Waals surface area contributed by atoms with Crippen molar-refractivity contribution in [3.63, 3.8) is 0 Å². The lowest BCUT2D eigenvalue weighted by molar-refractivity contribution is 0.520. The molecule has 0 aliphatic carbocycles. The number of thiophene rings is 1. The molecule has 0 radical (unpaired) electrons. The zero-order chi connectivity index (χ0) is 14.5. The van der Waals surface area contributed by atoms with Gasteiger partial charge in [0.15, 0.2) is 0 Å². The lowest BCUT2D eigenvalue weighted by atomic mass is 10.0. The Morgan fingerprint density at radius 1 is 1.14 bits per heavy atom. The zero-order valence-corrected chi connectivity index (χ0v) is 13.1. The van der Waals surface area contributed by atoms with Crippen LogP contribution in [-0.4, -0.2) is 11.5 Å². The maximum Gasteiger partial charge on any atom is 0.0706 e. The molecule has 0 amide bonds. The van der Waals surface area contributed by atoms with E-state index in [1.807, 2.05) is 6.07 Å². The first-order valence-corrected chi connectivity index (χ1v) is 8.41. The van der Waals surface area contributed by atoms with Crippen molar-refractivity contribution in [1.29, 1.82) is 0 Å². The van der Waals surface area contributed by atoms with Gasteiger partial charge in [-0.15, -0.1) is 0 Å². The molecule has 3 heteroatoms. The van der Waals surface area contributed by atoms with E-state index in [9.17, 15) is 0 Å². The van der Waals surface area contributed by atoms with E-state index < -0.39 is 0 Å². The van der Waals surface area contributed by atoms with Crippen LogP contribution in [-0.2, 0) is 6.42 Å². The van der Waals surface area contributed by atoms with Gasteiger partial charge in [-0.05, 0) is 53.9 Å². The molecule has 21 heavy (non-hydrogen) atoms. The second kappa shape index (κ2) is 6.83. The second-order valence-electron chi connectivity index (χ2n) is 5.27. The highest BCUT2D eigenvalue weighted by molar-refractivity contribution is 7.07. The lowest BCUT2D eigenvalue weighted by Crippen LogP contribution is -2.24. The van der Waals surface area contributed by atoms with Gasteiger partial charge in [0.25, 0.3) is 0 Å². The van der Waals surface area contributed by atoms with Gasteiger partial charge in [0.05, 0.1) is 17.3 Å². The van der Waals surface area contributed by atoms with Crippen LogP contribution in [0.5, 0.6) is 0 Å². The summed E-state index contributed by atoms with van der Waals surface area (Å²) in [5.41, 5.74) is 3.58. The number of fused-ring (bicyclic) bond motifs is 1. The van der Waals surface area contributed by atoms with Crippen molar-refractivity contribution in [2.75, 3.05) is 6.54 Å². The number of rotatable bonds is 6. The van der Waals surface area contributed by atoms with Gasteiger partial charge in [0.1, 0.15) is 0 Å². The monoisotopic (exact) mass is 296 g/mol. The van der Waals surface area contributed by atoms with Crippen molar-refractivity contribution in [3.8, 4) is 0 Å². The predicted molar refractivity (Wildman–Crippen MR) is 90.8 cm³/mol. The third-order valence-corrected chi connectivity index (χ3v) is 4.37. The summed E-state index contributed by atoms with van der Waals surface area (Å²) in [6.45, 7) is 3.21. The number of hydrogen-bond donors (Lipinski definition) is 1. The third-order valence-electron chi connectivity index (χ3n) is 3.64. The van der Waals surface area contributed by atoms with Gasteiger partial charge in [0, 0.05) is 5.39 Å². The average Bonchev–Trinajstić information content (AvgIpc) is 3.04. The minimum absolute atomic E-state index is 0.282. The Balaban J connectivity index is 1.89. The number of nitrogens with one attached hydrogen (secondary N) is 1. The Labute approximate surface area is 129 Å². The SMILES string of the molecule is CCCNC(Cc1ccsc1)c1ccc2ccccc2n1. The van der Waals surface area contributed by atoms with Crippen LogP contribution in [0.2, 0.25) is 0 Å². The molecule has 108 valence electrons. The van der Waals surface area contributed by atoms with E-state index in [4.69, 9.17) is 4.98 Å². The summed E-state index contributed by atoms with van der Waals surface area (Å²) in [5.74, 6) is 0. The predicted octanol–water partition coefficient (Wildman–Crippen LogP) is 4.58. The summed E-state index contributed by atoms with van der Waals surface area (Å²) < 4.78 is 0. The van der Waals surface area contributed by atoms with Crippen LogP contribution in [0, 0.1) is 0 Å². The molecule has 0 aliphatic heterocycles. The van der Waals surface area contributed by atoms with E-state index >= 15 is 0 Å². The zero-order valence-electron chi connectivity index (χ0n) is 12.3. The van der Waals surface area contributed by atoms with E-state index in [1.165, 1.54) is 10.9 Å². The van der Waals surface area contributed by atoms with Gasteiger partial charge in [-0.3, -0.25) is 4.98 Å². The first kappa shape index (κ1) is 14.2. The van der Waals surface area contributed by atoms with Crippen molar-refractivity contribution in [1.82, 2.24) is 10.3 Å². The van der Waals surface area contributed by atoms with E-state index in [0.717, 1.165) is 30.6 Å². The molecule has 1 atom stereocenters. The van der Waals surface area contributed by atoms with E-state index in [-0.39, 0.29) is 6.04 Å². The molecule has 2 aromatic heterocycles. The molecule has 2 heterocycles. The number of hydrogen-bond acceptors (Lipinski definition) is 3. The molecule has 1 unspecified atom stereocenters. The first-order valence-electron chi connectivity index (χ1n) is 7.47. The van der Waals surface area contributed by atoms with Crippen LogP contribution in [0.25, 0.3) is 10.9 Å². The second-order valence-corrected chi connectivity index (χ2v) is 6.05. The maximum atomic E-state index is 4.85. The van der Waals surface area contributed by atoms with Crippen molar-refractivity contribution < 1.29 is 0 Å². The minimum atomic E-state index is 0.282. The molecular formula is C18H20N2S. The van der Waals surface area contributed by atoms with Gasteiger partial charge in [-0.2, -0.15) is 11.3 Å². The van der Waals surface area contributed by atoms with Gasteiger partial charge in [0.2, 0.25) is 0 Å². The third kappa shape index (κ3) is 3.49. The Hall–Kier alpha value is -1.71.